The highest BCUT2D eigenvalue weighted by Gasteiger charge is 2.23. The highest BCUT2D eigenvalue weighted by molar-refractivity contribution is 8.54. The van der Waals surface area contributed by atoms with E-state index in [-0.39, 0.29) is 25.3 Å². The largest absolute Gasteiger partial charge is 0.396 e. The Hall–Kier alpha value is 0.310. The third-order valence-electron chi connectivity index (χ3n) is 2.47. The van der Waals surface area contributed by atoms with Gasteiger partial charge in [0.1, 0.15) is 8.75 Å². The number of aliphatic imine (C=N–C) groups is 2. The summed E-state index contributed by atoms with van der Waals surface area (Å²) < 4.78 is 2.14. The van der Waals surface area contributed by atoms with Crippen molar-refractivity contribution < 1.29 is 10.2 Å². The summed E-state index contributed by atoms with van der Waals surface area (Å²) in [7, 11) is 0. The van der Waals surface area contributed by atoms with E-state index >= 15 is 0 Å². The van der Waals surface area contributed by atoms with E-state index in [4.69, 9.17) is 10.2 Å². The van der Waals surface area contributed by atoms with Crippen LogP contribution in [0.5, 0.6) is 0 Å². The van der Waals surface area contributed by atoms with E-state index in [9.17, 15) is 0 Å². The summed E-state index contributed by atoms with van der Waals surface area (Å²) in [5, 5.41) is 17.7. The summed E-state index contributed by atoms with van der Waals surface area (Å²) in [6, 6.07) is 0.542. The Kier molecular flexibility index (Phi) is 5.68. The number of aliphatic hydroxyl groups is 2. The fourth-order valence-corrected chi connectivity index (χ4v) is 5.23. The Morgan fingerprint density at radius 1 is 1.00 bits per heavy atom. The molecule has 17 heavy (non-hydrogen) atoms. The normalized spacial score (nSPS) is 28.4. The Labute approximate surface area is 114 Å². The van der Waals surface area contributed by atoms with Gasteiger partial charge in [-0.15, -0.1) is 0 Å². The number of thioether (sulfide) groups is 3. The molecule has 0 radical (unpaired) electrons. The van der Waals surface area contributed by atoms with Crippen molar-refractivity contribution in [3.05, 3.63) is 0 Å². The molecule has 0 fully saturated rings. The second-order valence-electron chi connectivity index (χ2n) is 3.85. The minimum atomic E-state index is 0.209. The maximum Gasteiger partial charge on any atom is 0.131 e. The van der Waals surface area contributed by atoms with E-state index in [2.05, 4.69) is 9.98 Å². The Morgan fingerprint density at radius 3 is 1.88 bits per heavy atom. The molecule has 0 bridgehead atoms. The van der Waals surface area contributed by atoms with E-state index in [0.29, 0.717) is 0 Å². The van der Waals surface area contributed by atoms with E-state index < -0.39 is 0 Å². The molecular formula is C10H16N2O2S3. The molecule has 2 aliphatic heterocycles. The quantitative estimate of drug-likeness (QED) is 0.820. The smallest absolute Gasteiger partial charge is 0.131 e. The van der Waals surface area contributed by atoms with Crippen LogP contribution in [0, 0.1) is 0 Å². The van der Waals surface area contributed by atoms with Gasteiger partial charge in [0, 0.05) is 24.7 Å². The molecule has 2 rings (SSSR count). The molecule has 96 valence electrons. The zero-order valence-electron chi connectivity index (χ0n) is 9.41. The second kappa shape index (κ2) is 7.04. The highest BCUT2D eigenvalue weighted by Crippen LogP contribution is 2.34. The summed E-state index contributed by atoms with van der Waals surface area (Å²) >= 11 is 5.14. The number of rotatable bonds is 4. The average Bonchev–Trinajstić information content (AvgIpc) is 2.91. The lowest BCUT2D eigenvalue weighted by atomic mass is 10.3. The summed E-state index contributed by atoms with van der Waals surface area (Å²) in [5.41, 5.74) is 0. The number of nitrogens with zero attached hydrogens (tertiary/aromatic N) is 2. The van der Waals surface area contributed by atoms with Gasteiger partial charge < -0.3 is 10.2 Å². The molecule has 0 aromatic heterocycles. The molecule has 0 amide bonds. The molecule has 2 aliphatic rings. The first-order valence-electron chi connectivity index (χ1n) is 5.62. The zero-order valence-corrected chi connectivity index (χ0v) is 11.9. The third kappa shape index (κ3) is 4.17. The van der Waals surface area contributed by atoms with Crippen LogP contribution >= 0.6 is 35.3 Å². The maximum absolute atomic E-state index is 8.85. The van der Waals surface area contributed by atoms with E-state index in [1.807, 2.05) is 0 Å². The van der Waals surface area contributed by atoms with Crippen LogP contribution < -0.4 is 0 Å². The van der Waals surface area contributed by atoms with Gasteiger partial charge in [-0.2, -0.15) is 0 Å². The molecule has 7 heteroatoms. The van der Waals surface area contributed by atoms with Gasteiger partial charge in [0.15, 0.2) is 0 Å². The van der Waals surface area contributed by atoms with Crippen LogP contribution in [0.15, 0.2) is 9.98 Å². The SMILES string of the molecule is OCCC1CSC(SC2=NC(CCO)CS2)=N1. The molecule has 2 unspecified atom stereocenters. The Morgan fingerprint density at radius 2 is 1.47 bits per heavy atom. The molecule has 0 saturated heterocycles. The predicted octanol–water partition coefficient (Wildman–Crippen LogP) is 1.43. The molecule has 2 atom stereocenters. The third-order valence-corrected chi connectivity index (χ3v) is 6.05. The van der Waals surface area contributed by atoms with Crippen LogP contribution in [0.2, 0.25) is 0 Å². The molecule has 0 spiro atoms. The van der Waals surface area contributed by atoms with Crippen LogP contribution in [-0.2, 0) is 0 Å². The standard InChI is InChI=1S/C10H16N2O2S3/c13-3-1-7-5-15-9(11-7)17-10-12-8(2-4-14)6-16-10/h7-8,13-14H,1-6H2. The van der Waals surface area contributed by atoms with Gasteiger partial charge >= 0.3 is 0 Å². The molecule has 0 aromatic rings. The minimum Gasteiger partial charge on any atom is -0.396 e. The second-order valence-corrected chi connectivity index (χ2v) is 7.36. The summed E-state index contributed by atoms with van der Waals surface area (Å²) in [6.45, 7) is 0.419. The Bertz CT molecular complexity index is 293. The number of hydrogen-bond acceptors (Lipinski definition) is 7. The number of hydrogen-bond donors (Lipinski definition) is 2. The van der Waals surface area contributed by atoms with Crippen LogP contribution in [0.4, 0.5) is 0 Å². The Balaban J connectivity index is 1.82. The molecule has 0 aliphatic carbocycles. The molecule has 0 saturated carbocycles. The summed E-state index contributed by atoms with van der Waals surface area (Å²) in [6.07, 6.45) is 1.51. The average molecular weight is 292 g/mol. The van der Waals surface area contributed by atoms with Gasteiger partial charge in [0.25, 0.3) is 0 Å². The van der Waals surface area contributed by atoms with Crippen LogP contribution in [0.1, 0.15) is 12.8 Å². The van der Waals surface area contributed by atoms with Crippen LogP contribution in [-0.4, -0.2) is 55.8 Å². The predicted molar refractivity (Wildman–Crippen MR) is 78.4 cm³/mol. The summed E-state index contributed by atoms with van der Waals surface area (Å²) in [4.78, 5) is 9.10. The van der Waals surface area contributed by atoms with Crippen molar-refractivity contribution in [2.45, 2.75) is 24.9 Å². The van der Waals surface area contributed by atoms with Crippen LogP contribution in [0.25, 0.3) is 0 Å². The van der Waals surface area contributed by atoms with E-state index in [1.54, 1.807) is 35.3 Å². The lowest BCUT2D eigenvalue weighted by Crippen LogP contribution is -2.05. The first kappa shape index (κ1) is 13.7. The topological polar surface area (TPSA) is 65.2 Å². The lowest BCUT2D eigenvalue weighted by Gasteiger charge is -1.99. The fraction of sp³-hybridized carbons (Fsp3) is 0.800. The van der Waals surface area contributed by atoms with Crippen molar-refractivity contribution in [3.63, 3.8) is 0 Å². The van der Waals surface area contributed by atoms with Gasteiger partial charge in [-0.25, -0.2) is 0 Å². The van der Waals surface area contributed by atoms with Gasteiger partial charge in [-0.05, 0) is 24.6 Å². The maximum atomic E-state index is 8.85. The first-order chi connectivity index (χ1) is 8.31. The molecule has 2 heterocycles. The van der Waals surface area contributed by atoms with Gasteiger partial charge in [-0.3, -0.25) is 9.98 Å². The van der Waals surface area contributed by atoms with Crippen molar-refractivity contribution in [2.24, 2.45) is 9.98 Å². The highest BCUT2D eigenvalue weighted by atomic mass is 32.2. The van der Waals surface area contributed by atoms with Gasteiger partial charge in [-0.1, -0.05) is 23.5 Å². The molecular weight excluding hydrogens is 276 g/mol. The molecule has 0 aromatic carbocycles. The molecule has 4 nitrogen and oxygen atoms in total. The summed E-state index contributed by atoms with van der Waals surface area (Å²) in [5.74, 6) is 1.95. The minimum absolute atomic E-state index is 0.209. The first-order valence-corrected chi connectivity index (χ1v) is 8.41. The van der Waals surface area contributed by atoms with Crippen molar-refractivity contribution in [2.75, 3.05) is 24.7 Å². The van der Waals surface area contributed by atoms with Crippen molar-refractivity contribution in [3.8, 4) is 0 Å². The van der Waals surface area contributed by atoms with E-state index in [1.165, 1.54) is 0 Å². The fourth-order valence-electron chi connectivity index (χ4n) is 1.56. The lowest BCUT2D eigenvalue weighted by molar-refractivity contribution is 0.280. The zero-order chi connectivity index (χ0) is 12.1. The van der Waals surface area contributed by atoms with Crippen molar-refractivity contribution in [1.29, 1.82) is 0 Å². The molecule has 2 N–H and O–H groups in total. The monoisotopic (exact) mass is 292 g/mol. The van der Waals surface area contributed by atoms with Gasteiger partial charge in [0.2, 0.25) is 0 Å². The van der Waals surface area contributed by atoms with E-state index in [0.717, 1.165) is 33.1 Å². The van der Waals surface area contributed by atoms with Crippen molar-refractivity contribution >= 4 is 44.0 Å². The van der Waals surface area contributed by atoms with Gasteiger partial charge in [0.05, 0.1) is 12.1 Å². The van der Waals surface area contributed by atoms with Crippen LogP contribution in [0.3, 0.4) is 0 Å². The number of aliphatic hydroxyl groups excluding tert-OH is 2. The van der Waals surface area contributed by atoms with Crippen molar-refractivity contribution in [1.82, 2.24) is 0 Å².